The minimum atomic E-state index is -3.63. The molecule has 0 saturated heterocycles. The largest absolute Gasteiger partial charge is 0.399 e. The number of rotatable bonds is 3. The zero-order chi connectivity index (χ0) is 13.2. The molecule has 18 heavy (non-hydrogen) atoms. The van der Waals surface area contributed by atoms with Gasteiger partial charge < -0.3 is 5.73 Å². The van der Waals surface area contributed by atoms with Crippen LogP contribution in [0.15, 0.2) is 47.5 Å². The predicted octanol–water partition coefficient (Wildman–Crippen LogP) is 1.77. The number of pyridine rings is 1. The number of aryl methyl sites for hydroxylation is 1. The van der Waals surface area contributed by atoms with Gasteiger partial charge >= 0.3 is 0 Å². The molecule has 0 unspecified atom stereocenters. The summed E-state index contributed by atoms with van der Waals surface area (Å²) in [5.41, 5.74) is 7.05. The SMILES string of the molecule is Cc1ncccc1NS(=O)(=O)c1cccc(N)c1. The number of benzene rings is 1. The number of nitrogens with two attached hydrogens (primary N) is 1. The van der Waals surface area contributed by atoms with Crippen LogP contribution in [-0.4, -0.2) is 13.4 Å². The van der Waals surface area contributed by atoms with Gasteiger partial charge in [-0.1, -0.05) is 6.07 Å². The van der Waals surface area contributed by atoms with Crippen LogP contribution in [0.2, 0.25) is 0 Å². The highest BCUT2D eigenvalue weighted by atomic mass is 32.2. The summed E-state index contributed by atoms with van der Waals surface area (Å²) in [5, 5.41) is 0. The van der Waals surface area contributed by atoms with Gasteiger partial charge in [-0.2, -0.15) is 0 Å². The second-order valence-electron chi connectivity index (χ2n) is 3.81. The fourth-order valence-corrected chi connectivity index (χ4v) is 2.65. The fourth-order valence-electron chi connectivity index (χ4n) is 1.48. The van der Waals surface area contributed by atoms with Crippen molar-refractivity contribution in [1.82, 2.24) is 4.98 Å². The standard InChI is InChI=1S/C12H13N3O2S/c1-9-12(6-3-7-14-9)15-18(16,17)11-5-2-4-10(13)8-11/h2-8,15H,13H2,1H3. The van der Waals surface area contributed by atoms with E-state index in [0.717, 1.165) is 0 Å². The van der Waals surface area contributed by atoms with Gasteiger partial charge in [-0.25, -0.2) is 8.42 Å². The monoisotopic (exact) mass is 263 g/mol. The Morgan fingerprint density at radius 2 is 2.00 bits per heavy atom. The van der Waals surface area contributed by atoms with E-state index < -0.39 is 10.0 Å². The van der Waals surface area contributed by atoms with E-state index in [4.69, 9.17) is 5.73 Å². The van der Waals surface area contributed by atoms with E-state index in [2.05, 4.69) is 9.71 Å². The molecule has 0 aliphatic heterocycles. The van der Waals surface area contributed by atoms with E-state index >= 15 is 0 Å². The highest BCUT2D eigenvalue weighted by Gasteiger charge is 2.15. The number of hydrogen-bond donors (Lipinski definition) is 2. The van der Waals surface area contributed by atoms with Gasteiger partial charge in [0.2, 0.25) is 0 Å². The first kappa shape index (κ1) is 12.4. The lowest BCUT2D eigenvalue weighted by atomic mass is 10.3. The number of hydrogen-bond acceptors (Lipinski definition) is 4. The maximum Gasteiger partial charge on any atom is 0.262 e. The molecule has 3 N–H and O–H groups in total. The number of anilines is 2. The Balaban J connectivity index is 2.37. The molecule has 0 radical (unpaired) electrons. The van der Waals surface area contributed by atoms with Gasteiger partial charge in [0.1, 0.15) is 0 Å². The smallest absolute Gasteiger partial charge is 0.262 e. The zero-order valence-corrected chi connectivity index (χ0v) is 10.6. The molecule has 0 spiro atoms. The van der Waals surface area contributed by atoms with Crippen LogP contribution in [0.25, 0.3) is 0 Å². The Morgan fingerprint density at radius 1 is 1.22 bits per heavy atom. The van der Waals surface area contributed by atoms with Crippen LogP contribution < -0.4 is 10.5 Å². The number of sulfonamides is 1. The molecule has 0 saturated carbocycles. The van der Waals surface area contributed by atoms with Gasteiger partial charge in [0.15, 0.2) is 0 Å². The lowest BCUT2D eigenvalue weighted by molar-refractivity contribution is 0.601. The van der Waals surface area contributed by atoms with Crippen LogP contribution >= 0.6 is 0 Å². The summed E-state index contributed by atoms with van der Waals surface area (Å²) in [6, 6.07) is 9.46. The molecule has 6 heteroatoms. The molecule has 1 aromatic heterocycles. The van der Waals surface area contributed by atoms with Gasteiger partial charge in [0.05, 0.1) is 16.3 Å². The van der Waals surface area contributed by atoms with E-state index in [9.17, 15) is 8.42 Å². The third kappa shape index (κ3) is 2.60. The fraction of sp³-hybridized carbons (Fsp3) is 0.0833. The first-order valence-electron chi connectivity index (χ1n) is 5.29. The van der Waals surface area contributed by atoms with E-state index in [0.29, 0.717) is 17.1 Å². The Labute approximate surface area is 106 Å². The molecular formula is C12H13N3O2S. The molecular weight excluding hydrogens is 250 g/mol. The first-order valence-corrected chi connectivity index (χ1v) is 6.77. The zero-order valence-electron chi connectivity index (χ0n) is 9.79. The first-order chi connectivity index (χ1) is 8.49. The maximum atomic E-state index is 12.1. The Morgan fingerprint density at radius 3 is 2.67 bits per heavy atom. The van der Waals surface area contributed by atoms with E-state index in [1.165, 1.54) is 12.1 Å². The molecule has 94 valence electrons. The van der Waals surface area contributed by atoms with Gasteiger partial charge in [-0.3, -0.25) is 9.71 Å². The number of nitrogen functional groups attached to an aromatic ring is 1. The molecule has 0 aliphatic carbocycles. The molecule has 0 fully saturated rings. The van der Waals surface area contributed by atoms with Crippen molar-refractivity contribution in [3.05, 3.63) is 48.3 Å². The number of nitrogens with zero attached hydrogens (tertiary/aromatic N) is 1. The predicted molar refractivity (Wildman–Crippen MR) is 70.6 cm³/mol. The number of aromatic nitrogens is 1. The average Bonchev–Trinajstić information content (AvgIpc) is 2.32. The lowest BCUT2D eigenvalue weighted by Crippen LogP contribution is -2.14. The number of nitrogens with one attached hydrogen (secondary N) is 1. The van der Waals surface area contributed by atoms with Crippen molar-refractivity contribution in [3.8, 4) is 0 Å². The summed E-state index contributed by atoms with van der Waals surface area (Å²) in [5.74, 6) is 0. The van der Waals surface area contributed by atoms with Crippen LogP contribution in [-0.2, 0) is 10.0 Å². The minimum Gasteiger partial charge on any atom is -0.399 e. The van der Waals surface area contributed by atoms with Gasteiger partial charge in [-0.05, 0) is 37.3 Å². The van der Waals surface area contributed by atoms with Crippen molar-refractivity contribution in [2.45, 2.75) is 11.8 Å². The minimum absolute atomic E-state index is 0.130. The third-order valence-electron chi connectivity index (χ3n) is 2.42. The van der Waals surface area contributed by atoms with Gasteiger partial charge in [0, 0.05) is 11.9 Å². The van der Waals surface area contributed by atoms with E-state index in [1.807, 2.05) is 0 Å². The Bertz CT molecular complexity index is 669. The normalized spacial score (nSPS) is 11.2. The van der Waals surface area contributed by atoms with Gasteiger partial charge in [0.25, 0.3) is 10.0 Å². The van der Waals surface area contributed by atoms with E-state index in [-0.39, 0.29) is 4.90 Å². The average molecular weight is 263 g/mol. The lowest BCUT2D eigenvalue weighted by Gasteiger charge is -2.09. The molecule has 0 aliphatic rings. The third-order valence-corrected chi connectivity index (χ3v) is 3.78. The quantitative estimate of drug-likeness (QED) is 0.826. The van der Waals surface area contributed by atoms with Crippen molar-refractivity contribution in [1.29, 1.82) is 0 Å². The van der Waals surface area contributed by atoms with Crippen molar-refractivity contribution in [2.75, 3.05) is 10.5 Å². The summed E-state index contributed by atoms with van der Waals surface area (Å²) in [4.78, 5) is 4.15. The van der Waals surface area contributed by atoms with Crippen LogP contribution in [0.1, 0.15) is 5.69 Å². The summed E-state index contributed by atoms with van der Waals surface area (Å²) in [6.07, 6.45) is 1.60. The van der Waals surface area contributed by atoms with Crippen molar-refractivity contribution >= 4 is 21.4 Å². The molecule has 2 rings (SSSR count). The molecule has 1 heterocycles. The molecule has 5 nitrogen and oxygen atoms in total. The highest BCUT2D eigenvalue weighted by molar-refractivity contribution is 7.92. The van der Waals surface area contributed by atoms with Crippen molar-refractivity contribution in [2.24, 2.45) is 0 Å². The van der Waals surface area contributed by atoms with Crippen molar-refractivity contribution < 1.29 is 8.42 Å². The highest BCUT2D eigenvalue weighted by Crippen LogP contribution is 2.19. The van der Waals surface area contributed by atoms with Crippen LogP contribution in [0.4, 0.5) is 11.4 Å². The summed E-state index contributed by atoms with van der Waals surface area (Å²) < 4.78 is 26.7. The van der Waals surface area contributed by atoms with Crippen LogP contribution in [0, 0.1) is 6.92 Å². The molecule has 0 atom stereocenters. The van der Waals surface area contributed by atoms with Crippen LogP contribution in [0.3, 0.4) is 0 Å². The van der Waals surface area contributed by atoms with Crippen LogP contribution in [0.5, 0.6) is 0 Å². The Kier molecular flexibility index (Phi) is 3.20. The summed E-state index contributed by atoms with van der Waals surface area (Å²) in [7, 11) is -3.63. The maximum absolute atomic E-state index is 12.1. The molecule has 0 amide bonds. The molecule has 1 aromatic carbocycles. The second-order valence-corrected chi connectivity index (χ2v) is 5.50. The second kappa shape index (κ2) is 4.66. The molecule has 2 aromatic rings. The molecule has 0 bridgehead atoms. The summed E-state index contributed by atoms with van der Waals surface area (Å²) >= 11 is 0. The topological polar surface area (TPSA) is 85.1 Å². The van der Waals surface area contributed by atoms with Crippen molar-refractivity contribution in [3.63, 3.8) is 0 Å². The van der Waals surface area contributed by atoms with E-state index in [1.54, 1.807) is 37.4 Å². The van der Waals surface area contributed by atoms with Gasteiger partial charge in [-0.15, -0.1) is 0 Å². The summed E-state index contributed by atoms with van der Waals surface area (Å²) in [6.45, 7) is 1.73. The Hall–Kier alpha value is -2.08.